The smallest absolute Gasteiger partial charge is 0.311 e. The maximum absolute atomic E-state index is 11.2. The second-order valence-electron chi connectivity index (χ2n) is 4.11. The summed E-state index contributed by atoms with van der Waals surface area (Å²) >= 11 is 0. The quantitative estimate of drug-likeness (QED) is 0.178. The lowest BCUT2D eigenvalue weighted by Crippen LogP contribution is -2.53. The Morgan fingerprint density at radius 1 is 1.56 bits per heavy atom. The molecule has 1 aliphatic heterocycles. The van der Waals surface area contributed by atoms with Crippen molar-refractivity contribution in [2.45, 2.75) is 13.8 Å². The van der Waals surface area contributed by atoms with Crippen LogP contribution in [0, 0.1) is 17.0 Å². The Hall–Kier alpha value is -2.06. The molecular formula is C9H15N3O6. The van der Waals surface area contributed by atoms with Gasteiger partial charge in [0.15, 0.2) is 0 Å². The van der Waals surface area contributed by atoms with E-state index in [9.17, 15) is 14.8 Å². The average molecular weight is 261 g/mol. The Morgan fingerprint density at radius 3 is 2.67 bits per heavy atom. The van der Waals surface area contributed by atoms with Gasteiger partial charge in [-0.1, -0.05) is 13.8 Å². The summed E-state index contributed by atoms with van der Waals surface area (Å²) in [6.07, 6.45) is 0. The van der Waals surface area contributed by atoms with Gasteiger partial charge in [-0.3, -0.25) is 9.59 Å². The van der Waals surface area contributed by atoms with Gasteiger partial charge in [0.25, 0.3) is 6.79 Å². The van der Waals surface area contributed by atoms with Crippen LogP contribution in [0.4, 0.5) is 0 Å². The van der Waals surface area contributed by atoms with Gasteiger partial charge in [-0.2, -0.15) is 0 Å². The SMILES string of the molecule is CC(C)C(=O)OCO/N=[N+](\[O-])N1CC(C(=O)O)C1. The summed E-state index contributed by atoms with van der Waals surface area (Å²) in [5, 5.41) is 24.0. The summed E-state index contributed by atoms with van der Waals surface area (Å²) in [5.74, 6) is -2.26. The monoisotopic (exact) mass is 261 g/mol. The predicted molar refractivity (Wildman–Crippen MR) is 55.6 cm³/mol. The number of nitrogens with zero attached hydrogens (tertiary/aromatic N) is 3. The van der Waals surface area contributed by atoms with E-state index in [0.717, 1.165) is 5.01 Å². The lowest BCUT2D eigenvalue weighted by Gasteiger charge is -2.30. The molecule has 0 aromatic heterocycles. The Balaban J connectivity index is 2.20. The molecule has 0 aromatic rings. The number of aliphatic carboxylic acids is 1. The van der Waals surface area contributed by atoms with Crippen molar-refractivity contribution in [2.24, 2.45) is 17.1 Å². The number of carboxylic acid groups (broad SMARTS) is 1. The van der Waals surface area contributed by atoms with Crippen LogP contribution in [-0.4, -0.2) is 46.9 Å². The lowest BCUT2D eigenvalue weighted by molar-refractivity contribution is -0.726. The predicted octanol–water partition coefficient (Wildman–Crippen LogP) is -0.0314. The van der Waals surface area contributed by atoms with Crippen molar-refractivity contribution in [1.82, 2.24) is 5.01 Å². The van der Waals surface area contributed by atoms with Gasteiger partial charge in [0.1, 0.15) is 5.92 Å². The highest BCUT2D eigenvalue weighted by atomic mass is 16.8. The molecule has 0 saturated carbocycles. The van der Waals surface area contributed by atoms with E-state index in [2.05, 4.69) is 14.9 Å². The maximum Gasteiger partial charge on any atom is 0.311 e. The van der Waals surface area contributed by atoms with Crippen LogP contribution in [0.1, 0.15) is 13.8 Å². The average Bonchev–Trinajstić information content (AvgIpc) is 2.21. The number of ether oxygens (including phenoxy) is 1. The van der Waals surface area contributed by atoms with Crippen LogP contribution in [0.25, 0.3) is 0 Å². The van der Waals surface area contributed by atoms with E-state index in [-0.39, 0.29) is 24.0 Å². The fourth-order valence-electron chi connectivity index (χ4n) is 1.13. The molecular weight excluding hydrogens is 246 g/mol. The summed E-state index contributed by atoms with van der Waals surface area (Å²) in [7, 11) is 0. The van der Waals surface area contributed by atoms with Gasteiger partial charge in [-0.15, -0.1) is 5.01 Å². The van der Waals surface area contributed by atoms with Crippen molar-refractivity contribution in [3.63, 3.8) is 0 Å². The lowest BCUT2D eigenvalue weighted by atomic mass is 10.0. The molecule has 1 aliphatic rings. The zero-order valence-corrected chi connectivity index (χ0v) is 10.1. The van der Waals surface area contributed by atoms with E-state index in [1.54, 1.807) is 13.8 Å². The third kappa shape index (κ3) is 3.75. The van der Waals surface area contributed by atoms with Crippen molar-refractivity contribution in [3.05, 3.63) is 5.21 Å². The van der Waals surface area contributed by atoms with Crippen molar-refractivity contribution in [1.29, 1.82) is 0 Å². The van der Waals surface area contributed by atoms with Crippen LogP contribution < -0.4 is 0 Å². The molecule has 1 fully saturated rings. The van der Waals surface area contributed by atoms with E-state index in [0.29, 0.717) is 0 Å². The fraction of sp³-hybridized carbons (Fsp3) is 0.778. The first-order valence-corrected chi connectivity index (χ1v) is 5.36. The van der Waals surface area contributed by atoms with E-state index in [1.165, 1.54) is 0 Å². The largest absolute Gasteiger partial charge is 0.569 e. The first kappa shape index (κ1) is 14.0. The summed E-state index contributed by atoms with van der Waals surface area (Å²) < 4.78 is 4.61. The number of carbonyl (C=O) groups excluding carboxylic acids is 1. The molecule has 1 N–H and O–H groups in total. The molecule has 0 aromatic carbocycles. The fourth-order valence-corrected chi connectivity index (χ4v) is 1.13. The number of hydrogen-bond donors (Lipinski definition) is 1. The van der Waals surface area contributed by atoms with Crippen LogP contribution in [0.2, 0.25) is 0 Å². The van der Waals surface area contributed by atoms with Gasteiger partial charge in [0.2, 0.25) is 5.28 Å². The highest BCUT2D eigenvalue weighted by Gasteiger charge is 2.38. The van der Waals surface area contributed by atoms with E-state index >= 15 is 0 Å². The highest BCUT2D eigenvalue weighted by Crippen LogP contribution is 2.15. The Kier molecular flexibility index (Phi) is 4.69. The highest BCUT2D eigenvalue weighted by molar-refractivity contribution is 5.71. The normalized spacial score (nSPS) is 16.4. The zero-order valence-electron chi connectivity index (χ0n) is 10.1. The van der Waals surface area contributed by atoms with Crippen molar-refractivity contribution >= 4 is 11.9 Å². The summed E-state index contributed by atoms with van der Waals surface area (Å²) in [6, 6.07) is 0. The molecule has 1 saturated heterocycles. The molecule has 102 valence electrons. The number of hydrazine groups is 1. The van der Waals surface area contributed by atoms with E-state index in [1.807, 2.05) is 0 Å². The van der Waals surface area contributed by atoms with Crippen molar-refractivity contribution in [3.8, 4) is 0 Å². The molecule has 0 bridgehead atoms. The molecule has 0 aliphatic carbocycles. The number of carbonyl (C=O) groups is 2. The molecule has 0 atom stereocenters. The molecule has 9 nitrogen and oxygen atoms in total. The number of carboxylic acids is 1. The van der Waals surface area contributed by atoms with Gasteiger partial charge in [0, 0.05) is 0 Å². The minimum Gasteiger partial charge on any atom is -0.569 e. The molecule has 0 amide bonds. The number of esters is 1. The van der Waals surface area contributed by atoms with Gasteiger partial charge >= 0.3 is 11.9 Å². The molecule has 0 unspecified atom stereocenters. The Morgan fingerprint density at radius 2 is 2.17 bits per heavy atom. The number of hydrogen-bond acceptors (Lipinski definition) is 6. The molecule has 9 heteroatoms. The molecule has 1 rings (SSSR count). The second kappa shape index (κ2) is 6.03. The van der Waals surface area contributed by atoms with Crippen molar-refractivity contribution < 1.29 is 29.2 Å². The van der Waals surface area contributed by atoms with Gasteiger partial charge in [-0.05, 0) is 0 Å². The second-order valence-corrected chi connectivity index (χ2v) is 4.11. The molecule has 0 radical (unpaired) electrons. The zero-order chi connectivity index (χ0) is 13.7. The van der Waals surface area contributed by atoms with Crippen LogP contribution in [-0.2, 0) is 19.2 Å². The molecule has 1 heterocycles. The third-order valence-electron chi connectivity index (χ3n) is 2.31. The third-order valence-corrected chi connectivity index (χ3v) is 2.31. The van der Waals surface area contributed by atoms with Gasteiger partial charge in [0.05, 0.1) is 24.0 Å². The van der Waals surface area contributed by atoms with Crippen LogP contribution in [0.5, 0.6) is 0 Å². The van der Waals surface area contributed by atoms with Gasteiger partial charge in [-0.25, -0.2) is 0 Å². The maximum atomic E-state index is 11.2. The Bertz CT molecular complexity index is 350. The standard InChI is InChI=1S/C9H15N3O6/c1-6(2)9(15)17-5-18-10-12(16)11-3-7(4-11)8(13)14/h6-7H,3-5H2,1-2H3,(H,13,14)/b12-10-. The minimum atomic E-state index is -0.952. The van der Waals surface area contributed by atoms with E-state index < -0.39 is 24.6 Å². The first-order valence-electron chi connectivity index (χ1n) is 5.36. The summed E-state index contributed by atoms with van der Waals surface area (Å²) in [4.78, 5) is 26.1. The van der Waals surface area contributed by atoms with Crippen molar-refractivity contribution in [2.75, 3.05) is 19.9 Å². The first-order chi connectivity index (χ1) is 8.41. The van der Waals surface area contributed by atoms with Crippen LogP contribution in [0.3, 0.4) is 0 Å². The topological polar surface area (TPSA) is 114 Å². The van der Waals surface area contributed by atoms with E-state index in [4.69, 9.17) is 5.11 Å². The minimum absolute atomic E-state index is 0.0808. The molecule has 0 spiro atoms. The van der Waals surface area contributed by atoms with Crippen LogP contribution >= 0.6 is 0 Å². The summed E-state index contributed by atoms with van der Waals surface area (Å²) in [6.45, 7) is 3.03. The summed E-state index contributed by atoms with van der Waals surface area (Å²) in [5.41, 5.74) is 0. The van der Waals surface area contributed by atoms with Gasteiger partial charge < -0.3 is 19.9 Å². The Labute approximate surface area is 103 Å². The molecule has 18 heavy (non-hydrogen) atoms. The number of rotatable bonds is 6. The van der Waals surface area contributed by atoms with Crippen LogP contribution in [0.15, 0.2) is 5.28 Å².